The van der Waals surface area contributed by atoms with E-state index in [4.69, 9.17) is 5.73 Å². The van der Waals surface area contributed by atoms with Crippen molar-refractivity contribution in [2.24, 2.45) is 11.1 Å². The van der Waals surface area contributed by atoms with Crippen molar-refractivity contribution in [3.63, 3.8) is 0 Å². The highest BCUT2D eigenvalue weighted by Crippen LogP contribution is 2.38. The lowest BCUT2D eigenvalue weighted by Gasteiger charge is -2.35. The third-order valence-corrected chi connectivity index (χ3v) is 5.00. The van der Waals surface area contributed by atoms with Gasteiger partial charge in [-0.1, -0.05) is 19.3 Å². The molecule has 1 amide bonds. The minimum atomic E-state index is 0. The topological polar surface area (TPSA) is 55.1 Å². The Morgan fingerprint density at radius 1 is 1.24 bits per heavy atom. The summed E-state index contributed by atoms with van der Waals surface area (Å²) < 4.78 is 0. The van der Waals surface area contributed by atoms with Crippen molar-refractivity contribution in [3.05, 3.63) is 24.3 Å². The Morgan fingerprint density at radius 3 is 2.38 bits per heavy atom. The summed E-state index contributed by atoms with van der Waals surface area (Å²) in [6, 6.07) is 7.97. The quantitative estimate of drug-likeness (QED) is 0.801. The highest BCUT2D eigenvalue weighted by molar-refractivity contribution is 7.98. The number of benzene rings is 1. The number of carbonyl (C=O) groups is 1. The molecule has 3 nitrogen and oxygen atoms in total. The Bertz CT molecular complexity index is 444. The molecule has 21 heavy (non-hydrogen) atoms. The van der Waals surface area contributed by atoms with Crippen molar-refractivity contribution < 1.29 is 4.79 Å². The van der Waals surface area contributed by atoms with Gasteiger partial charge in [0.2, 0.25) is 5.91 Å². The molecular weight excluding hydrogens is 304 g/mol. The molecule has 0 atom stereocenters. The monoisotopic (exact) mass is 328 g/mol. The Kier molecular flexibility index (Phi) is 7.57. The van der Waals surface area contributed by atoms with E-state index in [-0.39, 0.29) is 23.7 Å². The van der Waals surface area contributed by atoms with E-state index in [1.165, 1.54) is 24.2 Å². The first-order chi connectivity index (χ1) is 9.67. The van der Waals surface area contributed by atoms with Gasteiger partial charge in [0.05, 0.1) is 0 Å². The van der Waals surface area contributed by atoms with Crippen LogP contribution in [-0.2, 0) is 4.79 Å². The Morgan fingerprint density at radius 2 is 1.86 bits per heavy atom. The maximum absolute atomic E-state index is 12.2. The van der Waals surface area contributed by atoms with Crippen molar-refractivity contribution in [2.75, 3.05) is 18.1 Å². The van der Waals surface area contributed by atoms with Crippen LogP contribution in [-0.4, -0.2) is 18.7 Å². The van der Waals surface area contributed by atoms with Crippen molar-refractivity contribution in [1.29, 1.82) is 0 Å². The minimum absolute atomic E-state index is 0. The van der Waals surface area contributed by atoms with E-state index in [1.807, 2.05) is 30.5 Å². The number of amides is 1. The zero-order valence-corrected chi connectivity index (χ0v) is 14.2. The lowest BCUT2D eigenvalue weighted by atomic mass is 9.71. The van der Waals surface area contributed by atoms with Gasteiger partial charge >= 0.3 is 0 Å². The standard InChI is InChI=1S/C16H24N2OS.ClH/c1-20-14-7-5-13(6-8-14)18-15(19)11-16(12-17)9-3-2-4-10-16;/h5-8H,2-4,9-12,17H2,1H3,(H,18,19);1H. The maximum atomic E-state index is 12.2. The number of hydrogen-bond donors (Lipinski definition) is 2. The second-order valence-electron chi connectivity index (χ2n) is 5.72. The summed E-state index contributed by atoms with van der Waals surface area (Å²) in [7, 11) is 0. The van der Waals surface area contributed by atoms with Crippen LogP contribution in [0.1, 0.15) is 38.5 Å². The number of thioether (sulfide) groups is 1. The summed E-state index contributed by atoms with van der Waals surface area (Å²) in [5.41, 5.74) is 6.84. The first kappa shape index (κ1) is 18.3. The Balaban J connectivity index is 0.00000220. The van der Waals surface area contributed by atoms with E-state index in [0.29, 0.717) is 13.0 Å². The van der Waals surface area contributed by atoms with E-state index < -0.39 is 0 Å². The zero-order chi connectivity index (χ0) is 14.4. The van der Waals surface area contributed by atoms with E-state index in [0.717, 1.165) is 18.5 Å². The van der Waals surface area contributed by atoms with Gasteiger partial charge in [0.25, 0.3) is 0 Å². The lowest BCUT2D eigenvalue weighted by molar-refractivity contribution is -0.118. The number of nitrogens with one attached hydrogen (secondary N) is 1. The third kappa shape index (κ3) is 5.20. The second kappa shape index (κ2) is 8.66. The largest absolute Gasteiger partial charge is 0.330 e. The summed E-state index contributed by atoms with van der Waals surface area (Å²) in [5.74, 6) is 0.0919. The number of nitrogens with two attached hydrogens (primary N) is 1. The normalized spacial score (nSPS) is 16.9. The second-order valence-corrected chi connectivity index (χ2v) is 6.60. The van der Waals surface area contributed by atoms with E-state index in [1.54, 1.807) is 11.8 Å². The smallest absolute Gasteiger partial charge is 0.224 e. The highest BCUT2D eigenvalue weighted by atomic mass is 35.5. The summed E-state index contributed by atoms with van der Waals surface area (Å²) in [5, 5.41) is 3.00. The molecule has 1 fully saturated rings. The molecule has 0 aromatic heterocycles. The van der Waals surface area contributed by atoms with Crippen LogP contribution >= 0.6 is 24.2 Å². The molecule has 3 N–H and O–H groups in total. The molecule has 1 aliphatic carbocycles. The first-order valence-electron chi connectivity index (χ1n) is 7.31. The third-order valence-electron chi connectivity index (χ3n) is 4.26. The summed E-state index contributed by atoms with van der Waals surface area (Å²) in [4.78, 5) is 13.4. The van der Waals surface area contributed by atoms with Crippen LogP contribution in [0.4, 0.5) is 5.69 Å². The maximum Gasteiger partial charge on any atom is 0.224 e. The average Bonchev–Trinajstić information content (AvgIpc) is 2.49. The van der Waals surface area contributed by atoms with E-state index in [2.05, 4.69) is 5.32 Å². The van der Waals surface area contributed by atoms with Crippen LogP contribution in [0.5, 0.6) is 0 Å². The minimum Gasteiger partial charge on any atom is -0.330 e. The van der Waals surface area contributed by atoms with Gasteiger partial charge in [-0.25, -0.2) is 0 Å². The van der Waals surface area contributed by atoms with Gasteiger partial charge in [0.15, 0.2) is 0 Å². The van der Waals surface area contributed by atoms with E-state index >= 15 is 0 Å². The van der Waals surface area contributed by atoms with Crippen LogP contribution in [0, 0.1) is 5.41 Å². The number of carbonyl (C=O) groups excluding carboxylic acids is 1. The number of halogens is 1. The Labute approximate surface area is 137 Å². The lowest BCUT2D eigenvalue weighted by Crippen LogP contribution is -2.36. The number of rotatable bonds is 5. The molecule has 118 valence electrons. The van der Waals surface area contributed by atoms with Gasteiger partial charge < -0.3 is 11.1 Å². The molecule has 1 aromatic carbocycles. The van der Waals surface area contributed by atoms with Crippen molar-refractivity contribution >= 4 is 35.8 Å². The molecule has 5 heteroatoms. The molecule has 0 spiro atoms. The van der Waals surface area contributed by atoms with Gasteiger partial charge in [-0.15, -0.1) is 24.2 Å². The molecule has 1 saturated carbocycles. The molecule has 0 radical (unpaired) electrons. The molecule has 0 unspecified atom stereocenters. The van der Waals surface area contributed by atoms with Crippen molar-refractivity contribution in [3.8, 4) is 0 Å². The predicted octanol–water partition coefficient (Wildman–Crippen LogP) is 4.07. The molecular formula is C16H25ClN2OS. The van der Waals surface area contributed by atoms with Gasteiger partial charge in [-0.3, -0.25) is 4.79 Å². The van der Waals surface area contributed by atoms with Crippen LogP contribution in [0.25, 0.3) is 0 Å². The SMILES string of the molecule is CSc1ccc(NC(=O)CC2(CN)CCCCC2)cc1.Cl. The van der Waals surface area contributed by atoms with E-state index in [9.17, 15) is 4.79 Å². The molecule has 0 aliphatic heterocycles. The summed E-state index contributed by atoms with van der Waals surface area (Å²) in [6.45, 7) is 0.617. The van der Waals surface area contributed by atoms with Crippen LogP contribution in [0.3, 0.4) is 0 Å². The molecule has 0 saturated heterocycles. The van der Waals surface area contributed by atoms with Crippen LogP contribution < -0.4 is 11.1 Å². The van der Waals surface area contributed by atoms with Gasteiger partial charge in [0.1, 0.15) is 0 Å². The molecule has 0 heterocycles. The average molecular weight is 329 g/mol. The first-order valence-corrected chi connectivity index (χ1v) is 8.54. The fourth-order valence-corrected chi connectivity index (χ4v) is 3.38. The molecule has 1 aliphatic rings. The van der Waals surface area contributed by atoms with Crippen molar-refractivity contribution in [2.45, 2.75) is 43.4 Å². The van der Waals surface area contributed by atoms with Crippen LogP contribution in [0.15, 0.2) is 29.2 Å². The fraction of sp³-hybridized carbons (Fsp3) is 0.562. The summed E-state index contributed by atoms with van der Waals surface area (Å²) >= 11 is 1.70. The Hall–Kier alpha value is -0.710. The van der Waals surface area contributed by atoms with Gasteiger partial charge in [-0.2, -0.15) is 0 Å². The predicted molar refractivity (Wildman–Crippen MR) is 93.3 cm³/mol. The number of anilines is 1. The van der Waals surface area contributed by atoms with Crippen molar-refractivity contribution in [1.82, 2.24) is 0 Å². The van der Waals surface area contributed by atoms with Gasteiger partial charge in [0, 0.05) is 17.0 Å². The highest BCUT2D eigenvalue weighted by Gasteiger charge is 2.32. The molecule has 0 bridgehead atoms. The molecule has 2 rings (SSSR count). The number of hydrogen-bond acceptors (Lipinski definition) is 3. The summed E-state index contributed by atoms with van der Waals surface area (Å²) in [6.07, 6.45) is 8.44. The zero-order valence-electron chi connectivity index (χ0n) is 12.6. The fourth-order valence-electron chi connectivity index (χ4n) is 2.97. The molecule has 1 aromatic rings. The van der Waals surface area contributed by atoms with Gasteiger partial charge in [-0.05, 0) is 55.3 Å². The van der Waals surface area contributed by atoms with Crippen LogP contribution in [0.2, 0.25) is 0 Å².